The lowest BCUT2D eigenvalue weighted by Crippen LogP contribution is -2.36. The molecule has 1 saturated heterocycles. The van der Waals surface area contributed by atoms with Crippen molar-refractivity contribution >= 4 is 15.6 Å². The minimum absolute atomic E-state index is 0.0462. The van der Waals surface area contributed by atoms with E-state index < -0.39 is 9.84 Å². The molecule has 0 N–H and O–H groups in total. The quantitative estimate of drug-likeness (QED) is 0.788. The molecule has 1 aromatic rings. The normalized spacial score (nSPS) is 21.1. The molecule has 130 valence electrons. The van der Waals surface area contributed by atoms with E-state index in [-0.39, 0.29) is 35.4 Å². The van der Waals surface area contributed by atoms with Gasteiger partial charge in [-0.15, -0.1) is 0 Å². The number of hydrogen-bond donors (Lipinski definition) is 0. The van der Waals surface area contributed by atoms with E-state index in [1.807, 2.05) is 31.9 Å². The van der Waals surface area contributed by atoms with E-state index in [1.165, 1.54) is 0 Å². The molecule has 2 heterocycles. The first-order chi connectivity index (χ1) is 10.4. The lowest BCUT2D eigenvalue weighted by atomic mass is 10.1. The van der Waals surface area contributed by atoms with E-state index >= 15 is 0 Å². The zero-order valence-electron chi connectivity index (χ0n) is 15.0. The third-order valence-electron chi connectivity index (χ3n) is 4.63. The van der Waals surface area contributed by atoms with E-state index in [0.717, 1.165) is 17.0 Å². The van der Waals surface area contributed by atoms with Gasteiger partial charge in [0.15, 0.2) is 15.6 Å². The highest BCUT2D eigenvalue weighted by molar-refractivity contribution is 7.91. The van der Waals surface area contributed by atoms with Crippen LogP contribution in [0.5, 0.6) is 0 Å². The summed E-state index contributed by atoms with van der Waals surface area (Å²) in [4.78, 5) is 14.6. The Balaban J connectivity index is 2.16. The number of carbonyl (C=O) groups excluding carboxylic acids is 1. The number of Topliss-reactive ketones (excluding diaryl/α,β-unsaturated/α-hetero) is 1. The van der Waals surface area contributed by atoms with Crippen molar-refractivity contribution < 1.29 is 13.2 Å². The monoisotopic (exact) mass is 340 g/mol. The maximum Gasteiger partial charge on any atom is 0.178 e. The van der Waals surface area contributed by atoms with E-state index in [1.54, 1.807) is 0 Å². The minimum atomic E-state index is -2.93. The number of hydrogen-bond acceptors (Lipinski definition) is 4. The lowest BCUT2D eigenvalue weighted by Gasteiger charge is -2.26. The predicted molar refractivity (Wildman–Crippen MR) is 92.9 cm³/mol. The first-order valence-corrected chi connectivity index (χ1v) is 9.88. The molecule has 0 aliphatic carbocycles. The van der Waals surface area contributed by atoms with Crippen LogP contribution < -0.4 is 0 Å². The molecule has 0 aromatic carbocycles. The van der Waals surface area contributed by atoms with Gasteiger partial charge in [-0.1, -0.05) is 0 Å². The molecule has 6 heteroatoms. The molecule has 1 aliphatic rings. The van der Waals surface area contributed by atoms with E-state index in [0.29, 0.717) is 6.42 Å². The van der Waals surface area contributed by atoms with Gasteiger partial charge in [-0.3, -0.25) is 9.69 Å². The van der Waals surface area contributed by atoms with Crippen molar-refractivity contribution in [2.45, 2.75) is 52.6 Å². The maximum absolute atomic E-state index is 12.7. The zero-order chi connectivity index (χ0) is 17.6. The Kier molecular flexibility index (Phi) is 4.79. The Hall–Kier alpha value is -1.14. The van der Waals surface area contributed by atoms with Crippen LogP contribution in [0, 0.1) is 13.8 Å². The van der Waals surface area contributed by atoms with Gasteiger partial charge < -0.3 is 4.57 Å². The first kappa shape index (κ1) is 18.2. The second-order valence-corrected chi connectivity index (χ2v) is 9.91. The van der Waals surface area contributed by atoms with Crippen molar-refractivity contribution in [3.63, 3.8) is 0 Å². The number of nitrogens with zero attached hydrogens (tertiary/aromatic N) is 2. The molecular formula is C17H28N2O3S. The smallest absolute Gasteiger partial charge is 0.178 e. The number of aryl methyl sites for hydroxylation is 1. The molecule has 0 spiro atoms. The van der Waals surface area contributed by atoms with Crippen molar-refractivity contribution in [3.05, 3.63) is 23.0 Å². The number of likely N-dealkylation sites (N-methyl/N-ethyl adjacent to an activating group) is 1. The van der Waals surface area contributed by atoms with Gasteiger partial charge in [-0.2, -0.15) is 0 Å². The summed E-state index contributed by atoms with van der Waals surface area (Å²) < 4.78 is 25.4. The van der Waals surface area contributed by atoms with Gasteiger partial charge in [0.2, 0.25) is 0 Å². The highest BCUT2D eigenvalue weighted by Crippen LogP contribution is 2.25. The van der Waals surface area contributed by atoms with E-state index in [4.69, 9.17) is 0 Å². The van der Waals surface area contributed by atoms with Crippen LogP contribution in [0.25, 0.3) is 0 Å². The maximum atomic E-state index is 12.7. The summed E-state index contributed by atoms with van der Waals surface area (Å²) in [5, 5.41) is 0. The van der Waals surface area contributed by atoms with Gasteiger partial charge in [-0.25, -0.2) is 8.42 Å². The molecule has 23 heavy (non-hydrogen) atoms. The number of aromatic nitrogens is 1. The third-order valence-corrected chi connectivity index (χ3v) is 6.38. The fraction of sp³-hybridized carbons (Fsp3) is 0.706. The average Bonchev–Trinajstić information content (AvgIpc) is 2.88. The Labute approximate surface area is 139 Å². The van der Waals surface area contributed by atoms with E-state index in [2.05, 4.69) is 25.3 Å². The average molecular weight is 340 g/mol. The third kappa shape index (κ3) is 3.86. The fourth-order valence-electron chi connectivity index (χ4n) is 3.64. The summed E-state index contributed by atoms with van der Waals surface area (Å²) in [5.74, 6) is 0.451. The molecule has 1 fully saturated rings. The highest BCUT2D eigenvalue weighted by Gasteiger charge is 2.32. The standard InChI is InChI=1S/C17H28N2O3S/c1-12-9-15(13(2)19(12)17(3,4)5)16(20)10-18(6)14-7-8-23(21,22)11-14/h9,14H,7-8,10-11H2,1-6H3. The molecule has 5 nitrogen and oxygen atoms in total. The van der Waals surface area contributed by atoms with Gasteiger partial charge in [0, 0.05) is 28.5 Å². The van der Waals surface area contributed by atoms with Crippen LogP contribution in [-0.2, 0) is 15.4 Å². The second kappa shape index (κ2) is 6.06. The lowest BCUT2D eigenvalue weighted by molar-refractivity contribution is 0.0925. The van der Waals surface area contributed by atoms with E-state index in [9.17, 15) is 13.2 Å². The highest BCUT2D eigenvalue weighted by atomic mass is 32.2. The van der Waals surface area contributed by atoms with Crippen molar-refractivity contribution in [2.24, 2.45) is 0 Å². The summed E-state index contributed by atoms with van der Waals surface area (Å²) in [7, 11) is -1.09. The van der Waals surface area contributed by atoms with Crippen LogP contribution >= 0.6 is 0 Å². The zero-order valence-corrected chi connectivity index (χ0v) is 15.8. The molecular weight excluding hydrogens is 312 g/mol. The van der Waals surface area contributed by atoms with Crippen molar-refractivity contribution in [2.75, 3.05) is 25.1 Å². The number of rotatable bonds is 4. The molecule has 0 bridgehead atoms. The van der Waals surface area contributed by atoms with Gasteiger partial charge in [0.25, 0.3) is 0 Å². The molecule has 0 saturated carbocycles. The Morgan fingerprint density at radius 1 is 1.35 bits per heavy atom. The molecule has 1 aromatic heterocycles. The number of ketones is 1. The summed E-state index contributed by atoms with van der Waals surface area (Å²) in [5.41, 5.74) is 2.72. The van der Waals surface area contributed by atoms with Crippen molar-refractivity contribution in [1.82, 2.24) is 9.47 Å². The largest absolute Gasteiger partial charge is 0.343 e. The summed E-state index contributed by atoms with van der Waals surface area (Å²) in [6, 6.07) is 1.90. The van der Waals surface area contributed by atoms with Crippen molar-refractivity contribution in [1.29, 1.82) is 0 Å². The predicted octanol–water partition coefficient (Wildman–Crippen LogP) is 2.16. The van der Waals surface area contributed by atoms with Crippen LogP contribution in [0.4, 0.5) is 0 Å². The molecule has 2 rings (SSSR count). The summed E-state index contributed by atoms with van der Waals surface area (Å²) in [6.45, 7) is 10.6. The Morgan fingerprint density at radius 3 is 2.39 bits per heavy atom. The van der Waals surface area contributed by atoms with Gasteiger partial charge in [-0.05, 0) is 54.2 Å². The van der Waals surface area contributed by atoms with Gasteiger partial charge >= 0.3 is 0 Å². The van der Waals surface area contributed by atoms with Gasteiger partial charge in [0.05, 0.1) is 18.1 Å². The number of sulfone groups is 1. The Bertz CT molecular complexity index is 711. The molecule has 1 aliphatic heterocycles. The Morgan fingerprint density at radius 2 is 1.96 bits per heavy atom. The topological polar surface area (TPSA) is 59.4 Å². The molecule has 0 radical (unpaired) electrons. The first-order valence-electron chi connectivity index (χ1n) is 8.05. The molecule has 1 unspecified atom stereocenters. The van der Waals surface area contributed by atoms with Crippen LogP contribution in [0.2, 0.25) is 0 Å². The molecule has 1 atom stereocenters. The van der Waals surface area contributed by atoms with Crippen LogP contribution in [0.3, 0.4) is 0 Å². The van der Waals surface area contributed by atoms with Gasteiger partial charge in [0.1, 0.15) is 0 Å². The summed E-state index contributed by atoms with van der Waals surface area (Å²) >= 11 is 0. The second-order valence-electron chi connectivity index (χ2n) is 7.69. The molecule has 0 amide bonds. The van der Waals surface area contributed by atoms with Crippen LogP contribution in [-0.4, -0.2) is 54.8 Å². The SMILES string of the molecule is Cc1cc(C(=O)CN(C)C2CCS(=O)(=O)C2)c(C)n1C(C)(C)C. The number of carbonyl (C=O) groups is 1. The van der Waals surface area contributed by atoms with Crippen molar-refractivity contribution in [3.8, 4) is 0 Å². The summed E-state index contributed by atoms with van der Waals surface area (Å²) in [6.07, 6.45) is 0.618. The van der Waals surface area contributed by atoms with Crippen LogP contribution in [0.15, 0.2) is 6.07 Å². The van der Waals surface area contributed by atoms with Crippen LogP contribution in [0.1, 0.15) is 48.9 Å². The fourth-order valence-corrected chi connectivity index (χ4v) is 5.45. The minimum Gasteiger partial charge on any atom is -0.343 e.